The van der Waals surface area contributed by atoms with Crippen LogP contribution in [0.1, 0.15) is 49.9 Å². The fraction of sp³-hybridized carbons (Fsp3) is 0.632. The van der Waals surface area contributed by atoms with Gasteiger partial charge in [0.25, 0.3) is 5.91 Å². The number of benzene rings is 1. The number of carbonyl (C=O) groups excluding carboxylic acids is 1. The zero-order valence-corrected chi connectivity index (χ0v) is 15.7. The summed E-state index contributed by atoms with van der Waals surface area (Å²) in [5.74, 6) is 2.23. The second-order valence-electron chi connectivity index (χ2n) is 6.76. The summed E-state index contributed by atoms with van der Waals surface area (Å²) in [5.41, 5.74) is 0.676. The third kappa shape index (κ3) is 7.14. The van der Waals surface area contributed by atoms with E-state index in [1.54, 1.807) is 0 Å². The first-order valence-electron chi connectivity index (χ1n) is 9.02. The smallest absolute Gasteiger partial charge is 0.261 e. The Morgan fingerprint density at radius 2 is 1.92 bits per heavy atom. The van der Waals surface area contributed by atoms with Gasteiger partial charge in [-0.3, -0.25) is 9.52 Å². The summed E-state index contributed by atoms with van der Waals surface area (Å²) in [6.45, 7) is 8.54. The molecule has 1 fully saturated rings. The van der Waals surface area contributed by atoms with Gasteiger partial charge < -0.3 is 9.64 Å². The lowest BCUT2D eigenvalue weighted by atomic mass is 10.1. The van der Waals surface area contributed by atoms with Crippen molar-refractivity contribution >= 4 is 17.9 Å². The van der Waals surface area contributed by atoms with Crippen molar-refractivity contribution in [1.82, 2.24) is 9.62 Å². The van der Waals surface area contributed by atoms with Crippen LogP contribution < -0.4 is 9.46 Å². The van der Waals surface area contributed by atoms with E-state index in [1.165, 1.54) is 44.3 Å². The first kappa shape index (κ1) is 19.1. The zero-order chi connectivity index (χ0) is 17.2. The number of amides is 1. The Bertz CT molecular complexity index is 485. The molecule has 2 rings (SSSR count). The molecule has 24 heavy (non-hydrogen) atoms. The highest BCUT2D eigenvalue weighted by Crippen LogP contribution is 2.14. The first-order valence-corrected chi connectivity index (χ1v) is 10.0. The summed E-state index contributed by atoms with van der Waals surface area (Å²) < 4.78 is 8.56. The highest BCUT2D eigenvalue weighted by atomic mass is 32.2. The Morgan fingerprint density at radius 3 is 2.58 bits per heavy atom. The minimum atomic E-state index is -0.0339. The minimum Gasteiger partial charge on any atom is -0.493 e. The molecular formula is C19H30N2O2S. The molecule has 1 amide bonds. The first-order chi connectivity index (χ1) is 11.6. The maximum atomic E-state index is 12.1. The highest BCUT2D eigenvalue weighted by molar-refractivity contribution is 7.97. The van der Waals surface area contributed by atoms with Gasteiger partial charge in [-0.25, -0.2) is 0 Å². The monoisotopic (exact) mass is 350 g/mol. The number of carbonyl (C=O) groups is 1. The predicted molar refractivity (Wildman–Crippen MR) is 102 cm³/mol. The summed E-state index contributed by atoms with van der Waals surface area (Å²) >= 11 is 1.51. The Morgan fingerprint density at radius 1 is 1.21 bits per heavy atom. The molecule has 134 valence electrons. The largest absolute Gasteiger partial charge is 0.493 e. The third-order valence-electron chi connectivity index (χ3n) is 4.03. The molecule has 0 radical (unpaired) electrons. The van der Waals surface area contributed by atoms with Crippen molar-refractivity contribution in [3.8, 4) is 5.75 Å². The van der Waals surface area contributed by atoms with E-state index in [4.69, 9.17) is 4.74 Å². The molecule has 0 atom stereocenters. The summed E-state index contributed by atoms with van der Waals surface area (Å²) in [7, 11) is 0. The van der Waals surface area contributed by atoms with Crippen LogP contribution in [0, 0.1) is 5.92 Å². The number of hydrogen-bond acceptors (Lipinski definition) is 4. The van der Waals surface area contributed by atoms with Gasteiger partial charge in [0.1, 0.15) is 5.75 Å². The van der Waals surface area contributed by atoms with E-state index in [0.29, 0.717) is 18.1 Å². The maximum Gasteiger partial charge on any atom is 0.261 e. The quantitative estimate of drug-likeness (QED) is 0.540. The van der Waals surface area contributed by atoms with Gasteiger partial charge in [-0.1, -0.05) is 32.2 Å². The molecule has 0 aromatic heterocycles. The molecule has 0 unspecified atom stereocenters. The lowest BCUT2D eigenvalue weighted by Gasteiger charge is -2.26. The van der Waals surface area contributed by atoms with Gasteiger partial charge in [-0.2, -0.15) is 0 Å². The lowest BCUT2D eigenvalue weighted by Crippen LogP contribution is -2.31. The molecule has 1 heterocycles. The normalized spacial score (nSPS) is 15.5. The van der Waals surface area contributed by atoms with Crippen LogP contribution in [-0.4, -0.2) is 42.8 Å². The van der Waals surface area contributed by atoms with Crippen molar-refractivity contribution in [2.24, 2.45) is 5.92 Å². The average molecular weight is 351 g/mol. The number of nitrogens with one attached hydrogen (secondary N) is 1. The molecule has 4 nitrogen and oxygen atoms in total. The third-order valence-corrected chi connectivity index (χ3v) is 4.86. The van der Waals surface area contributed by atoms with Crippen molar-refractivity contribution in [3.05, 3.63) is 29.8 Å². The summed E-state index contributed by atoms with van der Waals surface area (Å²) in [5, 5.41) is 0. The predicted octanol–water partition coefficient (Wildman–Crippen LogP) is 3.98. The van der Waals surface area contributed by atoms with Crippen LogP contribution in [0.4, 0.5) is 0 Å². The molecule has 1 aromatic rings. The van der Waals surface area contributed by atoms with E-state index in [1.807, 2.05) is 24.3 Å². The molecule has 1 N–H and O–H groups in total. The van der Waals surface area contributed by atoms with Crippen LogP contribution >= 0.6 is 11.9 Å². The molecule has 1 aliphatic heterocycles. The van der Waals surface area contributed by atoms with Crippen LogP contribution in [0.3, 0.4) is 0 Å². The van der Waals surface area contributed by atoms with Gasteiger partial charge in [-0.05, 0) is 69.1 Å². The lowest BCUT2D eigenvalue weighted by molar-refractivity contribution is 0.0984. The number of nitrogens with zero attached hydrogens (tertiary/aromatic N) is 1. The fourth-order valence-electron chi connectivity index (χ4n) is 2.68. The van der Waals surface area contributed by atoms with Crippen LogP contribution in [0.2, 0.25) is 0 Å². The Labute approximate surface area is 150 Å². The number of hydrogen-bond donors (Lipinski definition) is 1. The topological polar surface area (TPSA) is 41.6 Å². The molecule has 1 aliphatic rings. The van der Waals surface area contributed by atoms with Crippen molar-refractivity contribution in [2.75, 3.05) is 32.0 Å². The van der Waals surface area contributed by atoms with Gasteiger partial charge in [-0.15, -0.1) is 0 Å². The second-order valence-corrected chi connectivity index (χ2v) is 7.67. The van der Waals surface area contributed by atoms with E-state index in [2.05, 4.69) is 23.5 Å². The minimum absolute atomic E-state index is 0.0339. The van der Waals surface area contributed by atoms with E-state index in [0.717, 1.165) is 24.5 Å². The van der Waals surface area contributed by atoms with Gasteiger partial charge in [0.05, 0.1) is 6.61 Å². The number of ether oxygens (including phenoxy) is 1. The molecule has 1 aromatic carbocycles. The maximum absolute atomic E-state index is 12.1. The van der Waals surface area contributed by atoms with Crippen molar-refractivity contribution < 1.29 is 9.53 Å². The van der Waals surface area contributed by atoms with Gasteiger partial charge in [0.15, 0.2) is 0 Å². The standard InChI is InChI=1S/C19H30N2O2S/c1-16(2)15-23-18-9-7-17(8-10-18)19(22)20-24-14-6-13-21-11-4-3-5-12-21/h7-10,16H,3-6,11-15H2,1-2H3,(H,20,22). The molecular weight excluding hydrogens is 320 g/mol. The van der Waals surface area contributed by atoms with Gasteiger partial charge in [0, 0.05) is 11.3 Å². The van der Waals surface area contributed by atoms with Crippen molar-refractivity contribution in [1.29, 1.82) is 0 Å². The van der Waals surface area contributed by atoms with Gasteiger partial charge in [0.2, 0.25) is 0 Å². The highest BCUT2D eigenvalue weighted by Gasteiger charge is 2.09. The van der Waals surface area contributed by atoms with E-state index < -0.39 is 0 Å². The number of piperidine rings is 1. The summed E-state index contributed by atoms with van der Waals surface area (Å²) in [6.07, 6.45) is 5.16. The van der Waals surface area contributed by atoms with Gasteiger partial charge >= 0.3 is 0 Å². The Kier molecular flexibility index (Phi) is 8.47. The number of rotatable bonds is 9. The van der Waals surface area contributed by atoms with E-state index in [-0.39, 0.29) is 5.91 Å². The Balaban J connectivity index is 1.61. The summed E-state index contributed by atoms with van der Waals surface area (Å²) in [4.78, 5) is 14.6. The van der Waals surface area contributed by atoms with Crippen molar-refractivity contribution in [2.45, 2.75) is 39.5 Å². The van der Waals surface area contributed by atoms with Crippen molar-refractivity contribution in [3.63, 3.8) is 0 Å². The van der Waals surface area contributed by atoms with Crippen LogP contribution in [0.5, 0.6) is 5.75 Å². The fourth-order valence-corrected chi connectivity index (χ4v) is 3.31. The molecule has 0 saturated carbocycles. The van der Waals surface area contributed by atoms with Crippen LogP contribution in [0.15, 0.2) is 24.3 Å². The summed E-state index contributed by atoms with van der Waals surface area (Å²) in [6, 6.07) is 7.36. The number of likely N-dealkylation sites (tertiary alicyclic amines) is 1. The molecule has 0 bridgehead atoms. The van der Waals surface area contributed by atoms with Crippen LogP contribution in [0.25, 0.3) is 0 Å². The average Bonchev–Trinajstić information content (AvgIpc) is 2.61. The molecule has 0 aliphatic carbocycles. The Hall–Kier alpha value is -1.20. The zero-order valence-electron chi connectivity index (χ0n) is 14.9. The molecule has 5 heteroatoms. The van der Waals surface area contributed by atoms with E-state index in [9.17, 15) is 4.79 Å². The van der Waals surface area contributed by atoms with Crippen LogP contribution in [-0.2, 0) is 0 Å². The second kappa shape index (κ2) is 10.6. The van der Waals surface area contributed by atoms with E-state index >= 15 is 0 Å². The molecule has 1 saturated heterocycles. The SMILES string of the molecule is CC(C)COc1ccc(C(=O)NSCCCN2CCCCC2)cc1. The molecule has 0 spiro atoms.